The number of thiocarbonyl (C=S) groups is 1. The highest BCUT2D eigenvalue weighted by Crippen LogP contribution is 2.33. The molecule has 2 aliphatic rings. The molecule has 3 rings (SSSR count). The van der Waals surface area contributed by atoms with Gasteiger partial charge in [0.25, 0.3) is 0 Å². The Morgan fingerprint density at radius 1 is 1.36 bits per heavy atom. The molecule has 1 atom stereocenters. The normalized spacial score (nSPS) is 20.3. The first-order valence-electron chi connectivity index (χ1n) is 8.21. The van der Waals surface area contributed by atoms with Crippen molar-refractivity contribution < 1.29 is 4.74 Å². The van der Waals surface area contributed by atoms with E-state index in [9.17, 15) is 0 Å². The number of nitrogens with zero attached hydrogens (tertiary/aromatic N) is 1. The van der Waals surface area contributed by atoms with Crippen molar-refractivity contribution in [2.24, 2.45) is 0 Å². The van der Waals surface area contributed by atoms with E-state index in [-0.39, 0.29) is 6.04 Å². The molecule has 25 heavy (non-hydrogen) atoms. The summed E-state index contributed by atoms with van der Waals surface area (Å²) in [7, 11) is 1.70. The Kier molecular flexibility index (Phi) is 5.61. The first kappa shape index (κ1) is 17.8. The van der Waals surface area contributed by atoms with Crippen LogP contribution < -0.4 is 5.73 Å². The highest BCUT2D eigenvalue weighted by molar-refractivity contribution is 7.78. The van der Waals surface area contributed by atoms with Gasteiger partial charge in [-0.2, -0.15) is 0 Å². The van der Waals surface area contributed by atoms with Crippen molar-refractivity contribution >= 4 is 40.6 Å². The van der Waals surface area contributed by atoms with Crippen molar-refractivity contribution in [3.63, 3.8) is 0 Å². The van der Waals surface area contributed by atoms with Crippen molar-refractivity contribution in [2.75, 3.05) is 19.4 Å². The third kappa shape index (κ3) is 3.97. The van der Waals surface area contributed by atoms with Crippen molar-refractivity contribution in [2.45, 2.75) is 18.9 Å². The number of ether oxygens (including phenoxy) is 1. The SMILES string of the molecule is COC1=CC=C(C2C=C(c3cc(Cl)ccc3N)CCN2C=S)C=CC1. The van der Waals surface area contributed by atoms with Crippen LogP contribution in [0.3, 0.4) is 0 Å². The molecule has 0 spiro atoms. The third-order valence-corrected chi connectivity index (χ3v) is 5.05. The van der Waals surface area contributed by atoms with Crippen LogP contribution >= 0.6 is 23.8 Å². The number of benzene rings is 1. The zero-order valence-electron chi connectivity index (χ0n) is 14.1. The number of hydrogen-bond donors (Lipinski definition) is 1. The first-order chi connectivity index (χ1) is 12.1. The van der Waals surface area contributed by atoms with E-state index >= 15 is 0 Å². The first-order valence-corrected chi connectivity index (χ1v) is 9.05. The molecule has 1 heterocycles. The maximum atomic E-state index is 6.18. The molecule has 2 N–H and O–H groups in total. The number of rotatable bonds is 4. The summed E-state index contributed by atoms with van der Waals surface area (Å²) in [5.41, 5.74) is 12.0. The van der Waals surface area contributed by atoms with Crippen molar-refractivity contribution in [3.05, 3.63) is 70.5 Å². The molecular formula is C20H21ClN2OS. The van der Waals surface area contributed by atoms with Crippen LogP contribution in [0.2, 0.25) is 5.02 Å². The highest BCUT2D eigenvalue weighted by atomic mass is 35.5. The minimum Gasteiger partial charge on any atom is -0.501 e. The Hall–Kier alpha value is -2.04. The molecule has 0 radical (unpaired) electrons. The van der Waals surface area contributed by atoms with Gasteiger partial charge >= 0.3 is 0 Å². The van der Waals surface area contributed by atoms with Gasteiger partial charge in [-0.05, 0) is 41.8 Å². The van der Waals surface area contributed by atoms with Gasteiger partial charge in [0.2, 0.25) is 0 Å². The molecule has 0 saturated carbocycles. The Bertz CT molecular complexity index is 795. The van der Waals surface area contributed by atoms with Crippen LogP contribution in [0.5, 0.6) is 0 Å². The fourth-order valence-corrected chi connectivity index (χ4v) is 3.58. The summed E-state index contributed by atoms with van der Waals surface area (Å²) in [5.74, 6) is 0.944. The maximum Gasteiger partial charge on any atom is 0.0993 e. The van der Waals surface area contributed by atoms with Gasteiger partial charge in [-0.1, -0.05) is 48.1 Å². The van der Waals surface area contributed by atoms with Crippen LogP contribution in [0.1, 0.15) is 18.4 Å². The van der Waals surface area contributed by atoms with Gasteiger partial charge in [0.15, 0.2) is 0 Å². The quantitative estimate of drug-likeness (QED) is 0.611. The number of halogens is 1. The van der Waals surface area contributed by atoms with Crippen molar-refractivity contribution in [1.29, 1.82) is 0 Å². The summed E-state index contributed by atoms with van der Waals surface area (Å²) >= 11 is 11.4. The second kappa shape index (κ2) is 7.89. The van der Waals surface area contributed by atoms with Gasteiger partial charge < -0.3 is 15.4 Å². The van der Waals surface area contributed by atoms with Crippen LogP contribution in [0.25, 0.3) is 5.57 Å². The summed E-state index contributed by atoms with van der Waals surface area (Å²) in [6.45, 7) is 0.845. The zero-order chi connectivity index (χ0) is 17.8. The number of hydrogen-bond acceptors (Lipinski definition) is 3. The van der Waals surface area contributed by atoms with E-state index in [1.165, 1.54) is 11.1 Å². The lowest BCUT2D eigenvalue weighted by Gasteiger charge is -2.34. The van der Waals surface area contributed by atoms with Crippen molar-refractivity contribution in [3.8, 4) is 0 Å². The number of methoxy groups -OCH3 is 1. The maximum absolute atomic E-state index is 6.18. The smallest absolute Gasteiger partial charge is 0.0993 e. The molecule has 1 aliphatic heterocycles. The third-order valence-electron chi connectivity index (χ3n) is 4.55. The number of allylic oxidation sites excluding steroid dienone is 3. The predicted molar refractivity (Wildman–Crippen MR) is 110 cm³/mol. The fourth-order valence-electron chi connectivity index (χ4n) is 3.17. The molecule has 1 unspecified atom stereocenters. The topological polar surface area (TPSA) is 38.5 Å². The molecule has 0 aromatic heterocycles. The van der Waals surface area contributed by atoms with Gasteiger partial charge in [0.05, 0.1) is 24.4 Å². The lowest BCUT2D eigenvalue weighted by molar-refractivity contribution is 0.285. The Morgan fingerprint density at radius 2 is 2.20 bits per heavy atom. The zero-order valence-corrected chi connectivity index (χ0v) is 15.7. The van der Waals surface area contributed by atoms with E-state index in [0.29, 0.717) is 5.02 Å². The average Bonchev–Trinajstić information content (AvgIpc) is 2.88. The van der Waals surface area contributed by atoms with Crippen LogP contribution in [0.4, 0.5) is 5.69 Å². The number of nitrogens with two attached hydrogens (primary N) is 1. The summed E-state index contributed by atoms with van der Waals surface area (Å²) < 4.78 is 5.36. The Morgan fingerprint density at radius 3 is 2.96 bits per heavy atom. The highest BCUT2D eigenvalue weighted by Gasteiger charge is 2.23. The summed E-state index contributed by atoms with van der Waals surface area (Å²) in [6, 6.07) is 5.69. The summed E-state index contributed by atoms with van der Waals surface area (Å²) in [6.07, 6.45) is 12.3. The predicted octanol–water partition coefficient (Wildman–Crippen LogP) is 4.75. The van der Waals surface area contributed by atoms with E-state index < -0.39 is 0 Å². The average molecular weight is 373 g/mol. The van der Waals surface area contributed by atoms with E-state index in [0.717, 1.165) is 36.4 Å². The summed E-state index contributed by atoms with van der Waals surface area (Å²) in [4.78, 5) is 2.17. The van der Waals surface area contributed by atoms with E-state index in [1.54, 1.807) is 12.6 Å². The lowest BCUT2D eigenvalue weighted by atomic mass is 9.91. The van der Waals surface area contributed by atoms with Gasteiger partial charge in [-0.3, -0.25) is 0 Å². The van der Waals surface area contributed by atoms with Gasteiger partial charge in [-0.25, -0.2) is 0 Å². The molecule has 1 aromatic carbocycles. The van der Waals surface area contributed by atoms with Crippen LogP contribution in [-0.2, 0) is 4.74 Å². The molecule has 0 bridgehead atoms. The molecule has 3 nitrogen and oxygen atoms in total. The second-order valence-corrected chi connectivity index (χ2v) is 6.72. The molecular weight excluding hydrogens is 352 g/mol. The number of anilines is 1. The van der Waals surface area contributed by atoms with Gasteiger partial charge in [0.1, 0.15) is 0 Å². The Balaban J connectivity index is 2.00. The minimum atomic E-state index is 0.0725. The molecule has 0 fully saturated rings. The molecule has 1 aromatic rings. The fraction of sp³-hybridized carbons (Fsp3) is 0.250. The van der Waals surface area contributed by atoms with E-state index in [2.05, 4.69) is 29.2 Å². The van der Waals surface area contributed by atoms with E-state index in [1.807, 2.05) is 24.3 Å². The van der Waals surface area contributed by atoms with Crippen molar-refractivity contribution in [1.82, 2.24) is 4.90 Å². The second-order valence-electron chi connectivity index (χ2n) is 6.07. The molecule has 1 aliphatic carbocycles. The van der Waals surface area contributed by atoms with Crippen LogP contribution in [0.15, 0.2) is 59.9 Å². The molecule has 0 amide bonds. The van der Waals surface area contributed by atoms with Crippen LogP contribution in [-0.4, -0.2) is 30.1 Å². The largest absolute Gasteiger partial charge is 0.501 e. The summed E-state index contributed by atoms with van der Waals surface area (Å²) in [5, 5.41) is 0.695. The lowest BCUT2D eigenvalue weighted by Crippen LogP contribution is -2.37. The molecule has 5 heteroatoms. The Labute approximate surface area is 159 Å². The van der Waals surface area contributed by atoms with Gasteiger partial charge in [-0.15, -0.1) is 0 Å². The number of nitrogen functional groups attached to an aromatic ring is 1. The van der Waals surface area contributed by atoms with Crippen LogP contribution in [0, 0.1) is 0 Å². The monoisotopic (exact) mass is 372 g/mol. The van der Waals surface area contributed by atoms with Gasteiger partial charge in [0, 0.05) is 29.2 Å². The minimum absolute atomic E-state index is 0.0725. The van der Waals surface area contributed by atoms with E-state index in [4.69, 9.17) is 34.3 Å². The molecule has 0 saturated heterocycles. The molecule has 130 valence electrons. The standard InChI is InChI=1S/C20H21ClN2OS/c1-24-17-4-2-3-14(5-7-17)20-11-15(9-10-23(20)13-25)18-12-16(21)6-8-19(18)22/h2-3,5-8,11-13,20H,4,9-10,22H2,1H3.